The zero-order valence-corrected chi connectivity index (χ0v) is 16.2. The van der Waals surface area contributed by atoms with E-state index in [0.29, 0.717) is 10.5 Å². The Bertz CT molecular complexity index is 972. The smallest absolute Gasteiger partial charge is 0.348 e. The summed E-state index contributed by atoms with van der Waals surface area (Å²) in [5.41, 5.74) is 0.984. The van der Waals surface area contributed by atoms with Gasteiger partial charge in [0.25, 0.3) is 11.5 Å². The molecule has 0 amide bonds. The fourth-order valence-electron chi connectivity index (χ4n) is 2.52. The maximum absolute atomic E-state index is 12.2. The Balaban J connectivity index is 2.03. The average Bonchev–Trinajstić information content (AvgIpc) is 2.60. The highest BCUT2D eigenvalue weighted by Gasteiger charge is 2.39. The van der Waals surface area contributed by atoms with Crippen molar-refractivity contribution in [2.45, 2.75) is 36.3 Å². The molecule has 2 aromatic carbocycles. The molecule has 0 spiro atoms. The molecule has 0 aliphatic carbocycles. The van der Waals surface area contributed by atoms with Crippen molar-refractivity contribution < 1.29 is 24.0 Å². The number of benzene rings is 2. The van der Waals surface area contributed by atoms with E-state index in [-0.39, 0.29) is 11.3 Å². The second-order valence-corrected chi connectivity index (χ2v) is 7.75. The fraction of sp³-hybridized carbons (Fsp3) is 0.200. The van der Waals surface area contributed by atoms with E-state index in [1.807, 2.05) is 31.2 Å². The quantitative estimate of drug-likeness (QED) is 0.249. The van der Waals surface area contributed by atoms with E-state index in [2.05, 4.69) is 0 Å². The lowest BCUT2D eigenvalue weighted by Gasteiger charge is -2.29. The summed E-state index contributed by atoms with van der Waals surface area (Å²) < 4.78 is 10.2. The molecule has 1 heterocycles. The van der Waals surface area contributed by atoms with Gasteiger partial charge < -0.3 is 9.47 Å². The molecule has 1 aliphatic rings. The highest BCUT2D eigenvalue weighted by Crippen LogP contribution is 2.35. The first kappa shape index (κ1) is 19.6. The van der Waals surface area contributed by atoms with Crippen molar-refractivity contribution in [3.8, 4) is 0 Å². The van der Waals surface area contributed by atoms with Crippen LogP contribution in [0.5, 0.6) is 0 Å². The van der Waals surface area contributed by atoms with Crippen LogP contribution in [-0.2, 0) is 19.1 Å². The Morgan fingerprint density at radius 1 is 1.04 bits per heavy atom. The molecule has 1 fully saturated rings. The molecule has 0 bridgehead atoms. The first-order valence-corrected chi connectivity index (χ1v) is 9.17. The van der Waals surface area contributed by atoms with E-state index < -0.39 is 22.6 Å². The molecule has 8 heteroatoms. The van der Waals surface area contributed by atoms with Gasteiger partial charge in [-0.15, -0.1) is 0 Å². The van der Waals surface area contributed by atoms with Crippen LogP contribution in [0, 0.1) is 17.0 Å². The Kier molecular flexibility index (Phi) is 5.24. The molecule has 0 N–H and O–H groups in total. The summed E-state index contributed by atoms with van der Waals surface area (Å²) >= 11 is 1.36. The second kappa shape index (κ2) is 7.47. The number of nitro benzene ring substituents is 1. The molecule has 0 unspecified atom stereocenters. The lowest BCUT2D eigenvalue weighted by Crippen LogP contribution is -2.41. The third-order valence-corrected chi connectivity index (χ3v) is 4.97. The maximum Gasteiger partial charge on any atom is 0.348 e. The number of cyclic esters (lactones) is 2. The number of esters is 2. The predicted octanol–water partition coefficient (Wildman–Crippen LogP) is 4.27. The first-order chi connectivity index (χ1) is 13.1. The third-order valence-electron chi connectivity index (χ3n) is 3.87. The van der Waals surface area contributed by atoms with E-state index >= 15 is 0 Å². The van der Waals surface area contributed by atoms with Gasteiger partial charge in [0.05, 0.1) is 4.92 Å². The van der Waals surface area contributed by atoms with Crippen LogP contribution in [-0.4, -0.2) is 22.6 Å². The number of hydrogen-bond donors (Lipinski definition) is 0. The van der Waals surface area contributed by atoms with Gasteiger partial charge in [-0.25, -0.2) is 9.59 Å². The van der Waals surface area contributed by atoms with Gasteiger partial charge in [-0.05, 0) is 36.8 Å². The number of rotatable bonds is 4. The third kappa shape index (κ3) is 4.40. The topological polar surface area (TPSA) is 95.7 Å². The van der Waals surface area contributed by atoms with Crippen LogP contribution < -0.4 is 0 Å². The van der Waals surface area contributed by atoms with Crippen LogP contribution >= 0.6 is 11.8 Å². The second-order valence-electron chi connectivity index (χ2n) is 6.63. The minimum absolute atomic E-state index is 0.155. The zero-order valence-electron chi connectivity index (χ0n) is 15.4. The monoisotopic (exact) mass is 399 g/mol. The number of carbonyl (C=O) groups excluding carboxylic acids is 2. The fourth-order valence-corrected chi connectivity index (χ4v) is 3.42. The molecule has 0 aromatic heterocycles. The van der Waals surface area contributed by atoms with Gasteiger partial charge in [-0.2, -0.15) is 0 Å². The van der Waals surface area contributed by atoms with Crippen molar-refractivity contribution in [1.82, 2.24) is 0 Å². The zero-order chi connectivity index (χ0) is 20.5. The number of hydrogen-bond acceptors (Lipinski definition) is 7. The number of ether oxygens (including phenoxy) is 2. The molecular weight excluding hydrogens is 382 g/mol. The molecule has 28 heavy (non-hydrogen) atoms. The first-order valence-electron chi connectivity index (χ1n) is 8.36. The summed E-state index contributed by atoms with van der Waals surface area (Å²) in [6, 6.07) is 12.0. The van der Waals surface area contributed by atoms with E-state index in [9.17, 15) is 19.7 Å². The van der Waals surface area contributed by atoms with Crippen molar-refractivity contribution >= 4 is 35.5 Å². The van der Waals surface area contributed by atoms with Crippen LogP contribution in [0.2, 0.25) is 0 Å². The maximum atomic E-state index is 12.2. The normalized spacial score (nSPS) is 15.6. The summed E-state index contributed by atoms with van der Waals surface area (Å²) in [6.07, 6.45) is 1.27. The van der Waals surface area contributed by atoms with Crippen LogP contribution in [0.15, 0.2) is 57.8 Å². The van der Waals surface area contributed by atoms with Gasteiger partial charge in [0.15, 0.2) is 0 Å². The van der Waals surface area contributed by atoms with Gasteiger partial charge in [0.1, 0.15) is 5.57 Å². The van der Waals surface area contributed by atoms with Crippen molar-refractivity contribution in [2.75, 3.05) is 0 Å². The van der Waals surface area contributed by atoms with Crippen LogP contribution in [0.25, 0.3) is 6.08 Å². The Hall–Kier alpha value is -3.13. The number of carbonyl (C=O) groups is 2. The number of nitro groups is 1. The van der Waals surface area contributed by atoms with E-state index in [0.717, 1.165) is 10.5 Å². The minimum Gasteiger partial charge on any atom is -0.419 e. The van der Waals surface area contributed by atoms with Crippen molar-refractivity contribution in [2.24, 2.45) is 0 Å². The van der Waals surface area contributed by atoms with Crippen LogP contribution in [0.4, 0.5) is 5.69 Å². The molecule has 0 atom stereocenters. The molecule has 2 aromatic rings. The van der Waals surface area contributed by atoms with Crippen molar-refractivity contribution in [3.05, 3.63) is 69.3 Å². The lowest BCUT2D eigenvalue weighted by molar-refractivity contribution is -0.384. The predicted molar refractivity (Wildman–Crippen MR) is 103 cm³/mol. The van der Waals surface area contributed by atoms with Gasteiger partial charge in [-0.3, -0.25) is 10.1 Å². The van der Waals surface area contributed by atoms with E-state index in [1.54, 1.807) is 6.07 Å². The molecule has 144 valence electrons. The standard InChI is InChI=1S/C20H17NO6S/c1-12-4-7-15(8-5-12)28-17-9-6-14(21(24)25)10-13(17)11-16-18(22)26-20(2,3)27-19(16)23/h4-11H,1-3H3. The summed E-state index contributed by atoms with van der Waals surface area (Å²) in [4.78, 5) is 36.6. The molecular formula is C20H17NO6S. The highest BCUT2D eigenvalue weighted by molar-refractivity contribution is 7.99. The van der Waals surface area contributed by atoms with Gasteiger partial charge in [0, 0.05) is 35.8 Å². The summed E-state index contributed by atoms with van der Waals surface area (Å²) in [6.45, 7) is 4.87. The Morgan fingerprint density at radius 3 is 2.21 bits per heavy atom. The summed E-state index contributed by atoms with van der Waals surface area (Å²) in [5, 5.41) is 11.2. The highest BCUT2D eigenvalue weighted by atomic mass is 32.2. The van der Waals surface area contributed by atoms with Crippen molar-refractivity contribution in [1.29, 1.82) is 0 Å². The van der Waals surface area contributed by atoms with Gasteiger partial charge >= 0.3 is 11.9 Å². The van der Waals surface area contributed by atoms with E-state index in [4.69, 9.17) is 9.47 Å². The molecule has 1 aliphatic heterocycles. The number of non-ortho nitro benzene ring substituents is 1. The average molecular weight is 399 g/mol. The molecule has 3 rings (SSSR count). The Morgan fingerprint density at radius 2 is 1.64 bits per heavy atom. The molecule has 1 saturated heterocycles. The van der Waals surface area contributed by atoms with E-state index in [1.165, 1.54) is 43.8 Å². The molecule has 0 saturated carbocycles. The van der Waals surface area contributed by atoms with Gasteiger partial charge in [-0.1, -0.05) is 29.5 Å². The number of aryl methyl sites for hydroxylation is 1. The SMILES string of the molecule is Cc1ccc(Sc2ccc([N+](=O)[O-])cc2C=C2C(=O)OC(C)(C)OC2=O)cc1. The van der Waals surface area contributed by atoms with Gasteiger partial charge in [0.2, 0.25) is 0 Å². The minimum atomic E-state index is -1.35. The summed E-state index contributed by atoms with van der Waals surface area (Å²) in [7, 11) is 0. The lowest BCUT2D eigenvalue weighted by atomic mass is 10.1. The summed E-state index contributed by atoms with van der Waals surface area (Å²) in [5.74, 6) is -3.02. The van der Waals surface area contributed by atoms with Crippen molar-refractivity contribution in [3.63, 3.8) is 0 Å². The van der Waals surface area contributed by atoms with Crippen LogP contribution in [0.1, 0.15) is 25.0 Å². The Labute approximate surface area is 165 Å². The van der Waals surface area contributed by atoms with Crippen LogP contribution in [0.3, 0.4) is 0 Å². The number of nitrogens with zero attached hydrogens (tertiary/aromatic N) is 1. The molecule has 7 nitrogen and oxygen atoms in total. The molecule has 0 radical (unpaired) electrons. The largest absolute Gasteiger partial charge is 0.419 e.